The van der Waals surface area contributed by atoms with Crippen molar-refractivity contribution >= 4 is 15.9 Å². The summed E-state index contributed by atoms with van der Waals surface area (Å²) in [6, 6.07) is 8.00. The van der Waals surface area contributed by atoms with E-state index >= 15 is 0 Å². The molecule has 2 nitrogen and oxygen atoms in total. The van der Waals surface area contributed by atoms with Crippen LogP contribution in [0, 0.1) is 5.41 Å². The van der Waals surface area contributed by atoms with Gasteiger partial charge in [-0.25, -0.2) is 0 Å². The first kappa shape index (κ1) is 12.9. The zero-order valence-corrected chi connectivity index (χ0v) is 11.7. The van der Waals surface area contributed by atoms with E-state index in [9.17, 15) is 0 Å². The molecule has 0 atom stereocenters. The van der Waals surface area contributed by atoms with E-state index in [-0.39, 0.29) is 0 Å². The second kappa shape index (κ2) is 5.87. The van der Waals surface area contributed by atoms with Crippen molar-refractivity contribution in [2.75, 3.05) is 13.2 Å². The number of benzene rings is 1. The Bertz CT molecular complexity index is 361. The van der Waals surface area contributed by atoms with Gasteiger partial charge in [-0.2, -0.15) is 0 Å². The highest BCUT2D eigenvalue weighted by Crippen LogP contribution is 2.40. The first-order valence-electron chi connectivity index (χ1n) is 6.33. The molecule has 1 saturated carbocycles. The standard InChI is InChI=1S/C14H20BrNO/c15-12-4-3-5-13(10-12)17-9-8-14(11-16)6-1-2-7-14/h3-5,10H,1-2,6-9,11,16H2. The third-order valence-electron chi connectivity index (χ3n) is 3.79. The molecule has 1 fully saturated rings. The van der Waals surface area contributed by atoms with Crippen molar-refractivity contribution in [1.29, 1.82) is 0 Å². The Morgan fingerprint density at radius 1 is 1.29 bits per heavy atom. The Morgan fingerprint density at radius 2 is 2.06 bits per heavy atom. The monoisotopic (exact) mass is 297 g/mol. The van der Waals surface area contributed by atoms with Crippen LogP contribution in [0.3, 0.4) is 0 Å². The number of hydrogen-bond acceptors (Lipinski definition) is 2. The fourth-order valence-electron chi connectivity index (χ4n) is 2.62. The lowest BCUT2D eigenvalue weighted by molar-refractivity contribution is 0.204. The summed E-state index contributed by atoms with van der Waals surface area (Å²) < 4.78 is 6.85. The SMILES string of the molecule is NCC1(CCOc2cccc(Br)c2)CCCC1. The van der Waals surface area contributed by atoms with Crippen molar-refractivity contribution in [2.24, 2.45) is 11.1 Å². The topological polar surface area (TPSA) is 35.2 Å². The summed E-state index contributed by atoms with van der Waals surface area (Å²) in [5, 5.41) is 0. The molecule has 0 aliphatic heterocycles. The van der Waals surface area contributed by atoms with Gasteiger partial charge in [0.05, 0.1) is 6.61 Å². The Morgan fingerprint density at radius 3 is 2.71 bits per heavy atom. The van der Waals surface area contributed by atoms with E-state index in [1.165, 1.54) is 25.7 Å². The Hall–Kier alpha value is -0.540. The fraction of sp³-hybridized carbons (Fsp3) is 0.571. The van der Waals surface area contributed by atoms with Crippen LogP contribution in [0.1, 0.15) is 32.1 Å². The van der Waals surface area contributed by atoms with E-state index < -0.39 is 0 Å². The lowest BCUT2D eigenvalue weighted by atomic mass is 9.83. The molecule has 17 heavy (non-hydrogen) atoms. The van der Waals surface area contributed by atoms with Crippen molar-refractivity contribution in [3.05, 3.63) is 28.7 Å². The minimum absolute atomic E-state index is 0.353. The van der Waals surface area contributed by atoms with Crippen molar-refractivity contribution < 1.29 is 4.74 Å². The maximum Gasteiger partial charge on any atom is 0.120 e. The summed E-state index contributed by atoms with van der Waals surface area (Å²) in [5.74, 6) is 0.935. The average Bonchev–Trinajstić information content (AvgIpc) is 2.79. The molecular formula is C14H20BrNO. The highest BCUT2D eigenvalue weighted by Gasteiger charge is 2.31. The van der Waals surface area contributed by atoms with Gasteiger partial charge in [0, 0.05) is 4.47 Å². The van der Waals surface area contributed by atoms with E-state index in [0.717, 1.165) is 29.8 Å². The largest absolute Gasteiger partial charge is 0.494 e. The lowest BCUT2D eigenvalue weighted by Gasteiger charge is -2.26. The molecule has 0 radical (unpaired) electrons. The third-order valence-corrected chi connectivity index (χ3v) is 4.29. The van der Waals surface area contributed by atoms with Crippen molar-refractivity contribution in [1.82, 2.24) is 0 Å². The van der Waals surface area contributed by atoms with Gasteiger partial charge in [-0.1, -0.05) is 34.8 Å². The Kier molecular flexibility index (Phi) is 4.46. The van der Waals surface area contributed by atoms with Crippen LogP contribution in [0.15, 0.2) is 28.7 Å². The summed E-state index contributed by atoms with van der Waals surface area (Å²) in [6.07, 6.45) is 6.27. The number of halogens is 1. The molecule has 0 unspecified atom stereocenters. The minimum atomic E-state index is 0.353. The van der Waals surface area contributed by atoms with Crippen molar-refractivity contribution in [3.63, 3.8) is 0 Å². The van der Waals surface area contributed by atoms with Gasteiger partial charge >= 0.3 is 0 Å². The fourth-order valence-corrected chi connectivity index (χ4v) is 3.00. The molecule has 0 amide bonds. The maximum absolute atomic E-state index is 5.91. The molecule has 0 spiro atoms. The van der Waals surface area contributed by atoms with Crippen LogP contribution in [-0.2, 0) is 0 Å². The predicted molar refractivity (Wildman–Crippen MR) is 74.2 cm³/mol. The second-order valence-electron chi connectivity index (χ2n) is 4.97. The van der Waals surface area contributed by atoms with E-state index in [0.29, 0.717) is 5.41 Å². The van der Waals surface area contributed by atoms with E-state index in [1.54, 1.807) is 0 Å². The van der Waals surface area contributed by atoms with Crippen molar-refractivity contribution in [2.45, 2.75) is 32.1 Å². The molecule has 1 aromatic carbocycles. The Labute approximate surface area is 112 Å². The van der Waals surface area contributed by atoms with E-state index in [1.807, 2.05) is 24.3 Å². The number of nitrogens with two attached hydrogens (primary N) is 1. The van der Waals surface area contributed by atoms with Gasteiger partial charge in [-0.15, -0.1) is 0 Å². The number of hydrogen-bond donors (Lipinski definition) is 1. The lowest BCUT2D eigenvalue weighted by Crippen LogP contribution is -2.29. The van der Waals surface area contributed by atoms with Gasteiger partial charge in [0.25, 0.3) is 0 Å². The summed E-state index contributed by atoms with van der Waals surface area (Å²) in [4.78, 5) is 0. The summed E-state index contributed by atoms with van der Waals surface area (Å²) in [5.41, 5.74) is 6.26. The van der Waals surface area contributed by atoms with Gasteiger partial charge in [-0.05, 0) is 49.4 Å². The van der Waals surface area contributed by atoms with Crippen LogP contribution in [0.2, 0.25) is 0 Å². The highest BCUT2D eigenvalue weighted by molar-refractivity contribution is 9.10. The molecule has 2 rings (SSSR count). The molecule has 3 heteroatoms. The van der Waals surface area contributed by atoms with Crippen molar-refractivity contribution in [3.8, 4) is 5.75 Å². The quantitative estimate of drug-likeness (QED) is 0.899. The van der Waals surface area contributed by atoms with Gasteiger partial charge in [-0.3, -0.25) is 0 Å². The van der Waals surface area contributed by atoms with Crippen LogP contribution < -0.4 is 10.5 Å². The molecular weight excluding hydrogens is 278 g/mol. The summed E-state index contributed by atoms with van der Waals surface area (Å²) >= 11 is 3.44. The molecule has 0 bridgehead atoms. The maximum atomic E-state index is 5.91. The molecule has 1 aliphatic carbocycles. The average molecular weight is 298 g/mol. The zero-order chi connectivity index (χ0) is 12.1. The van der Waals surface area contributed by atoms with Crippen LogP contribution in [0.25, 0.3) is 0 Å². The first-order valence-corrected chi connectivity index (χ1v) is 7.12. The predicted octanol–water partition coefficient (Wildman–Crippen LogP) is 3.74. The van der Waals surface area contributed by atoms with E-state index in [2.05, 4.69) is 15.9 Å². The number of ether oxygens (including phenoxy) is 1. The zero-order valence-electron chi connectivity index (χ0n) is 10.1. The molecule has 1 aromatic rings. The van der Waals surface area contributed by atoms with E-state index in [4.69, 9.17) is 10.5 Å². The minimum Gasteiger partial charge on any atom is -0.494 e. The second-order valence-corrected chi connectivity index (χ2v) is 5.88. The number of rotatable bonds is 5. The third kappa shape index (κ3) is 3.46. The summed E-state index contributed by atoms with van der Waals surface area (Å²) in [7, 11) is 0. The van der Waals surface area contributed by atoms with Crippen LogP contribution >= 0.6 is 15.9 Å². The molecule has 1 aliphatic rings. The van der Waals surface area contributed by atoms with Crippen LogP contribution in [0.5, 0.6) is 5.75 Å². The normalized spacial score (nSPS) is 18.2. The van der Waals surface area contributed by atoms with Gasteiger partial charge in [0.2, 0.25) is 0 Å². The van der Waals surface area contributed by atoms with Crippen LogP contribution in [0.4, 0.5) is 0 Å². The van der Waals surface area contributed by atoms with Crippen LogP contribution in [-0.4, -0.2) is 13.2 Å². The molecule has 0 aromatic heterocycles. The Balaban J connectivity index is 1.82. The van der Waals surface area contributed by atoms with Gasteiger partial charge in [0.15, 0.2) is 0 Å². The molecule has 2 N–H and O–H groups in total. The first-order chi connectivity index (χ1) is 8.24. The molecule has 0 saturated heterocycles. The van der Waals surface area contributed by atoms with Gasteiger partial charge in [0.1, 0.15) is 5.75 Å². The summed E-state index contributed by atoms with van der Waals surface area (Å²) in [6.45, 7) is 1.57. The molecule has 0 heterocycles. The highest BCUT2D eigenvalue weighted by atomic mass is 79.9. The molecule has 94 valence electrons. The van der Waals surface area contributed by atoms with Gasteiger partial charge < -0.3 is 10.5 Å². The smallest absolute Gasteiger partial charge is 0.120 e.